The Labute approximate surface area is 127 Å². The van der Waals surface area contributed by atoms with Crippen molar-refractivity contribution in [3.63, 3.8) is 0 Å². The molecule has 2 aromatic heterocycles. The van der Waals surface area contributed by atoms with E-state index in [1.54, 1.807) is 4.68 Å². The van der Waals surface area contributed by atoms with E-state index in [0.717, 1.165) is 30.8 Å². The monoisotopic (exact) mass is 309 g/mol. The molecule has 1 N–H and O–H groups in total. The van der Waals surface area contributed by atoms with Crippen LogP contribution in [0.2, 0.25) is 0 Å². The number of hydrogen-bond donors (Lipinski definition) is 1. The normalized spacial score (nSPS) is 11.0. The van der Waals surface area contributed by atoms with Crippen molar-refractivity contribution >= 4 is 17.7 Å². The largest absolute Gasteiger partial charge is 0.481 e. The van der Waals surface area contributed by atoms with Crippen LogP contribution in [0.25, 0.3) is 0 Å². The molecule has 7 nitrogen and oxygen atoms in total. The molecule has 2 aromatic rings. The molecule has 0 aliphatic heterocycles. The first-order chi connectivity index (χ1) is 10.1. The minimum atomic E-state index is -0.851. The number of aromatic nitrogens is 5. The topological polar surface area (TPSA) is 85.8 Å². The van der Waals surface area contributed by atoms with Gasteiger partial charge in [-0.2, -0.15) is 5.10 Å². The van der Waals surface area contributed by atoms with E-state index >= 15 is 0 Å². The lowest BCUT2D eigenvalue weighted by Gasteiger charge is -2.08. The van der Waals surface area contributed by atoms with Gasteiger partial charge in [0.2, 0.25) is 0 Å². The van der Waals surface area contributed by atoms with E-state index in [9.17, 15) is 4.79 Å². The average molecular weight is 309 g/mol. The van der Waals surface area contributed by atoms with Gasteiger partial charge in [0.15, 0.2) is 5.16 Å². The summed E-state index contributed by atoms with van der Waals surface area (Å²) in [5.41, 5.74) is 1.00. The summed E-state index contributed by atoms with van der Waals surface area (Å²) in [4.78, 5) is 10.7. The SMILES string of the molecule is CCCc1nnc(SCC(=O)O)n1CCc1ccn(C)n1. The fourth-order valence-electron chi connectivity index (χ4n) is 2.01. The Morgan fingerprint density at radius 2 is 2.19 bits per heavy atom. The van der Waals surface area contributed by atoms with Gasteiger partial charge in [-0.25, -0.2) is 0 Å². The van der Waals surface area contributed by atoms with Crippen LogP contribution in [-0.2, 0) is 31.2 Å². The Kier molecular flexibility index (Phi) is 5.38. The van der Waals surface area contributed by atoms with E-state index in [2.05, 4.69) is 22.2 Å². The van der Waals surface area contributed by atoms with Crippen molar-refractivity contribution in [2.24, 2.45) is 7.05 Å². The molecular weight excluding hydrogens is 290 g/mol. The maximum Gasteiger partial charge on any atom is 0.313 e. The van der Waals surface area contributed by atoms with Gasteiger partial charge < -0.3 is 9.67 Å². The maximum atomic E-state index is 10.7. The summed E-state index contributed by atoms with van der Waals surface area (Å²) in [6.45, 7) is 2.79. The van der Waals surface area contributed by atoms with Crippen LogP contribution in [0.4, 0.5) is 0 Å². The summed E-state index contributed by atoms with van der Waals surface area (Å²) in [7, 11) is 1.89. The van der Waals surface area contributed by atoms with Gasteiger partial charge >= 0.3 is 5.97 Å². The quantitative estimate of drug-likeness (QED) is 0.742. The van der Waals surface area contributed by atoms with Gasteiger partial charge in [0.05, 0.1) is 11.4 Å². The van der Waals surface area contributed by atoms with E-state index in [0.29, 0.717) is 11.7 Å². The highest BCUT2D eigenvalue weighted by molar-refractivity contribution is 7.99. The van der Waals surface area contributed by atoms with Crippen molar-refractivity contribution in [3.05, 3.63) is 23.8 Å². The summed E-state index contributed by atoms with van der Waals surface area (Å²) >= 11 is 1.21. The number of rotatable bonds is 8. The second-order valence-corrected chi connectivity index (χ2v) is 5.66. The number of carboxylic acids is 1. The molecule has 0 unspecified atom stereocenters. The average Bonchev–Trinajstić information content (AvgIpc) is 3.01. The Morgan fingerprint density at radius 3 is 2.81 bits per heavy atom. The molecule has 0 atom stereocenters. The number of nitrogens with zero attached hydrogens (tertiary/aromatic N) is 5. The maximum absolute atomic E-state index is 10.7. The third-order valence-corrected chi connectivity index (χ3v) is 3.90. The highest BCUT2D eigenvalue weighted by Crippen LogP contribution is 2.18. The van der Waals surface area contributed by atoms with Gasteiger partial charge in [-0.3, -0.25) is 9.48 Å². The fourth-order valence-corrected chi connectivity index (χ4v) is 2.71. The van der Waals surface area contributed by atoms with Gasteiger partial charge in [0.1, 0.15) is 5.82 Å². The minimum Gasteiger partial charge on any atom is -0.481 e. The van der Waals surface area contributed by atoms with E-state index in [1.807, 2.05) is 23.9 Å². The number of carbonyl (C=O) groups is 1. The van der Waals surface area contributed by atoms with Gasteiger partial charge in [-0.1, -0.05) is 18.7 Å². The Hall–Kier alpha value is -1.83. The van der Waals surface area contributed by atoms with Crippen molar-refractivity contribution < 1.29 is 9.90 Å². The molecule has 0 saturated carbocycles. The van der Waals surface area contributed by atoms with Crippen LogP contribution < -0.4 is 0 Å². The smallest absolute Gasteiger partial charge is 0.313 e. The van der Waals surface area contributed by atoms with Gasteiger partial charge in [0, 0.05) is 32.6 Å². The van der Waals surface area contributed by atoms with Crippen LogP contribution >= 0.6 is 11.8 Å². The van der Waals surface area contributed by atoms with Crippen LogP contribution in [0.1, 0.15) is 24.9 Å². The van der Waals surface area contributed by atoms with Crippen molar-refractivity contribution in [2.45, 2.75) is 37.9 Å². The van der Waals surface area contributed by atoms with Crippen LogP contribution in [0, 0.1) is 0 Å². The first-order valence-electron chi connectivity index (χ1n) is 6.85. The molecule has 0 fully saturated rings. The molecule has 0 aliphatic rings. The number of aliphatic carboxylic acids is 1. The number of carboxylic acid groups (broad SMARTS) is 1. The molecule has 0 bridgehead atoms. The van der Waals surface area contributed by atoms with Crippen molar-refractivity contribution in [1.29, 1.82) is 0 Å². The highest BCUT2D eigenvalue weighted by atomic mass is 32.2. The molecule has 0 aliphatic carbocycles. The van der Waals surface area contributed by atoms with E-state index in [-0.39, 0.29) is 5.75 Å². The van der Waals surface area contributed by atoms with Crippen molar-refractivity contribution in [2.75, 3.05) is 5.75 Å². The molecule has 0 aromatic carbocycles. The minimum absolute atomic E-state index is 0.00611. The van der Waals surface area contributed by atoms with Crippen molar-refractivity contribution in [3.8, 4) is 0 Å². The van der Waals surface area contributed by atoms with E-state index in [1.165, 1.54) is 11.8 Å². The van der Waals surface area contributed by atoms with Gasteiger partial charge in [-0.05, 0) is 12.5 Å². The second kappa shape index (κ2) is 7.26. The Bertz CT molecular complexity index is 607. The summed E-state index contributed by atoms with van der Waals surface area (Å²) < 4.78 is 3.78. The predicted molar refractivity (Wildman–Crippen MR) is 79.3 cm³/mol. The zero-order chi connectivity index (χ0) is 15.2. The first-order valence-corrected chi connectivity index (χ1v) is 7.84. The first kappa shape index (κ1) is 15.6. The van der Waals surface area contributed by atoms with Crippen LogP contribution in [-0.4, -0.2) is 41.4 Å². The number of hydrogen-bond acceptors (Lipinski definition) is 5. The molecule has 2 heterocycles. The van der Waals surface area contributed by atoms with Gasteiger partial charge in [0.25, 0.3) is 0 Å². The van der Waals surface area contributed by atoms with Gasteiger partial charge in [-0.15, -0.1) is 10.2 Å². The zero-order valence-corrected chi connectivity index (χ0v) is 13.0. The molecular formula is C13H19N5O2S. The van der Waals surface area contributed by atoms with Crippen LogP contribution in [0.5, 0.6) is 0 Å². The standard InChI is InChI=1S/C13H19N5O2S/c1-3-4-11-14-15-13(21-9-12(19)20)18(11)8-6-10-5-7-17(2)16-10/h5,7H,3-4,6,8-9H2,1-2H3,(H,19,20). The molecule has 0 amide bonds. The lowest BCUT2D eigenvalue weighted by molar-refractivity contribution is -0.133. The summed E-state index contributed by atoms with van der Waals surface area (Å²) in [5.74, 6) is 0.0473. The molecule has 114 valence electrons. The predicted octanol–water partition coefficient (Wildman–Crippen LogP) is 1.38. The summed E-state index contributed by atoms with van der Waals surface area (Å²) in [6.07, 6.45) is 4.50. The lowest BCUT2D eigenvalue weighted by Crippen LogP contribution is -2.09. The highest BCUT2D eigenvalue weighted by Gasteiger charge is 2.13. The molecule has 2 rings (SSSR count). The van der Waals surface area contributed by atoms with Crippen LogP contribution in [0.3, 0.4) is 0 Å². The third-order valence-electron chi connectivity index (χ3n) is 2.95. The molecule has 0 spiro atoms. The number of aryl methyl sites for hydroxylation is 3. The van der Waals surface area contributed by atoms with E-state index in [4.69, 9.17) is 5.11 Å². The molecule has 0 saturated heterocycles. The second-order valence-electron chi connectivity index (χ2n) is 4.71. The zero-order valence-electron chi connectivity index (χ0n) is 12.2. The fraction of sp³-hybridized carbons (Fsp3) is 0.538. The Balaban J connectivity index is 2.09. The summed E-state index contributed by atoms with van der Waals surface area (Å²) in [5, 5.41) is 22.1. The summed E-state index contributed by atoms with van der Waals surface area (Å²) in [6, 6.07) is 1.98. The molecule has 0 radical (unpaired) electrons. The van der Waals surface area contributed by atoms with Crippen molar-refractivity contribution in [1.82, 2.24) is 24.5 Å². The molecule has 8 heteroatoms. The third kappa shape index (κ3) is 4.32. The lowest BCUT2D eigenvalue weighted by atomic mass is 10.3. The Morgan fingerprint density at radius 1 is 1.38 bits per heavy atom. The number of thioether (sulfide) groups is 1. The molecule has 21 heavy (non-hydrogen) atoms. The van der Waals surface area contributed by atoms with E-state index < -0.39 is 5.97 Å². The van der Waals surface area contributed by atoms with Crippen LogP contribution in [0.15, 0.2) is 17.4 Å².